The molecule has 4 heterocycles. The monoisotopic (exact) mass is 577 g/mol. The zero-order valence-electron chi connectivity index (χ0n) is 24.1. The number of aromatic amines is 1. The highest BCUT2D eigenvalue weighted by Crippen LogP contribution is 2.45. The molecule has 7 aromatic rings. The Labute approximate surface area is 255 Å². The van der Waals surface area contributed by atoms with Crippen LogP contribution in [0.15, 0.2) is 128 Å². The maximum Gasteiger partial charge on any atom is 0.225 e. The number of pyridine rings is 1. The number of aromatic nitrogens is 5. The zero-order valence-corrected chi connectivity index (χ0v) is 24.1. The van der Waals surface area contributed by atoms with Crippen molar-refractivity contribution in [2.24, 2.45) is 0 Å². The van der Waals surface area contributed by atoms with Crippen molar-refractivity contribution in [1.29, 1.82) is 0 Å². The van der Waals surface area contributed by atoms with Gasteiger partial charge in [0.2, 0.25) is 5.88 Å². The van der Waals surface area contributed by atoms with E-state index in [-0.39, 0.29) is 6.10 Å². The van der Waals surface area contributed by atoms with E-state index in [0.29, 0.717) is 19.1 Å². The van der Waals surface area contributed by atoms with Crippen molar-refractivity contribution in [3.63, 3.8) is 0 Å². The number of nitrogens with zero attached hydrogens (tertiary/aromatic N) is 4. The number of fused-ring (bicyclic) bond motifs is 2. The highest BCUT2D eigenvalue weighted by molar-refractivity contribution is 5.99. The molecule has 0 amide bonds. The Balaban J connectivity index is 1.48. The lowest BCUT2D eigenvalue weighted by atomic mass is 9.77. The molecule has 0 aliphatic carbocycles. The maximum atomic E-state index is 6.68. The van der Waals surface area contributed by atoms with Crippen LogP contribution in [-0.2, 0) is 10.3 Å². The SMILES string of the molecule is c1ccc(C(c2ccccc2)(c2ccccc2)n2nc(-c3ccc4nc[nH]c4c3)c3c(OC4CCOCC4)nccc32)cc1. The van der Waals surface area contributed by atoms with Crippen LogP contribution in [0.1, 0.15) is 29.5 Å². The highest BCUT2D eigenvalue weighted by atomic mass is 16.5. The van der Waals surface area contributed by atoms with Gasteiger partial charge >= 0.3 is 0 Å². The summed E-state index contributed by atoms with van der Waals surface area (Å²) in [5.41, 5.74) is 7.04. The van der Waals surface area contributed by atoms with E-state index >= 15 is 0 Å². The Morgan fingerprint density at radius 3 is 2.02 bits per heavy atom. The lowest BCUT2D eigenvalue weighted by Gasteiger charge is -2.37. The first-order chi connectivity index (χ1) is 21.8. The molecule has 216 valence electrons. The molecule has 3 aromatic heterocycles. The Kier molecular flexibility index (Phi) is 6.65. The number of imidazole rings is 1. The van der Waals surface area contributed by atoms with E-state index in [1.165, 1.54) is 0 Å². The number of rotatable bonds is 7. The average molecular weight is 578 g/mol. The van der Waals surface area contributed by atoms with Crippen molar-refractivity contribution in [3.05, 3.63) is 144 Å². The molecule has 0 radical (unpaired) electrons. The van der Waals surface area contributed by atoms with Crippen LogP contribution < -0.4 is 4.74 Å². The summed E-state index contributed by atoms with van der Waals surface area (Å²) >= 11 is 0. The fourth-order valence-corrected chi connectivity index (χ4v) is 6.52. The lowest BCUT2D eigenvalue weighted by molar-refractivity contribution is 0.0244. The summed E-state index contributed by atoms with van der Waals surface area (Å²) < 4.78 is 14.5. The van der Waals surface area contributed by atoms with Crippen LogP contribution in [0.5, 0.6) is 5.88 Å². The van der Waals surface area contributed by atoms with Crippen molar-refractivity contribution >= 4 is 21.9 Å². The van der Waals surface area contributed by atoms with Gasteiger partial charge < -0.3 is 14.5 Å². The second kappa shape index (κ2) is 11.1. The summed E-state index contributed by atoms with van der Waals surface area (Å²) in [7, 11) is 0. The molecule has 1 aliphatic rings. The standard InChI is InChI=1S/C37H31N5O2/c1-4-10-27(11-5-1)37(28-12-6-2-7-13-28,29-14-8-3-9-15-29)42-33-18-21-38-36(44-30-19-22-43-23-20-30)34(33)35(41-42)26-16-17-31-32(24-26)40-25-39-31/h1-18,21,24-25,30H,19-20,22-23H2,(H,39,40). The molecule has 1 saturated heterocycles. The Hall–Kier alpha value is -5.27. The van der Waals surface area contributed by atoms with E-state index in [1.54, 1.807) is 6.33 Å². The third kappa shape index (κ3) is 4.36. The van der Waals surface area contributed by atoms with Gasteiger partial charge in [-0.3, -0.25) is 0 Å². The van der Waals surface area contributed by atoms with Crippen LogP contribution in [0.25, 0.3) is 33.2 Å². The third-order valence-corrected chi connectivity index (χ3v) is 8.59. The fourth-order valence-electron chi connectivity index (χ4n) is 6.52. The number of hydrogen-bond acceptors (Lipinski definition) is 5. The van der Waals surface area contributed by atoms with E-state index in [2.05, 4.69) is 124 Å². The van der Waals surface area contributed by atoms with Crippen molar-refractivity contribution < 1.29 is 9.47 Å². The lowest BCUT2D eigenvalue weighted by Crippen LogP contribution is -2.38. The van der Waals surface area contributed by atoms with Crippen LogP contribution in [0.4, 0.5) is 0 Å². The molecule has 8 rings (SSSR count). The molecular formula is C37H31N5O2. The van der Waals surface area contributed by atoms with Gasteiger partial charge in [0.15, 0.2) is 0 Å². The van der Waals surface area contributed by atoms with Crippen molar-refractivity contribution in [2.45, 2.75) is 24.5 Å². The molecule has 1 aliphatic heterocycles. The van der Waals surface area contributed by atoms with E-state index in [0.717, 1.165) is 62.7 Å². The van der Waals surface area contributed by atoms with Crippen LogP contribution in [0, 0.1) is 0 Å². The normalized spacial score (nSPS) is 14.3. The second-order valence-corrected chi connectivity index (χ2v) is 11.1. The minimum Gasteiger partial charge on any atom is -0.474 e. The van der Waals surface area contributed by atoms with E-state index in [4.69, 9.17) is 19.6 Å². The molecule has 44 heavy (non-hydrogen) atoms. The minimum atomic E-state index is -0.796. The molecule has 0 atom stereocenters. The molecule has 0 bridgehead atoms. The molecule has 7 nitrogen and oxygen atoms in total. The van der Waals surface area contributed by atoms with Gasteiger partial charge in [-0.15, -0.1) is 0 Å². The van der Waals surface area contributed by atoms with Crippen molar-refractivity contribution in [3.8, 4) is 17.1 Å². The topological polar surface area (TPSA) is 77.9 Å². The Morgan fingerprint density at radius 2 is 1.39 bits per heavy atom. The molecule has 0 unspecified atom stereocenters. The highest BCUT2D eigenvalue weighted by Gasteiger charge is 2.41. The molecule has 0 saturated carbocycles. The molecule has 1 fully saturated rings. The average Bonchev–Trinajstić information content (AvgIpc) is 3.73. The third-order valence-electron chi connectivity index (χ3n) is 8.59. The predicted molar refractivity (Wildman–Crippen MR) is 172 cm³/mol. The second-order valence-electron chi connectivity index (χ2n) is 11.1. The van der Waals surface area contributed by atoms with E-state index in [1.807, 2.05) is 12.3 Å². The summed E-state index contributed by atoms with van der Waals surface area (Å²) in [4.78, 5) is 12.5. The van der Waals surface area contributed by atoms with Crippen LogP contribution in [0.2, 0.25) is 0 Å². The number of ether oxygens (including phenoxy) is 2. The van der Waals surface area contributed by atoms with Gasteiger partial charge in [0.25, 0.3) is 0 Å². The fraction of sp³-hybridized carbons (Fsp3) is 0.162. The zero-order chi connectivity index (χ0) is 29.3. The Bertz CT molecular complexity index is 1930. The van der Waals surface area contributed by atoms with Crippen molar-refractivity contribution in [2.75, 3.05) is 13.2 Å². The first-order valence-electron chi connectivity index (χ1n) is 15.0. The van der Waals surface area contributed by atoms with Crippen LogP contribution in [-0.4, -0.2) is 44.1 Å². The van der Waals surface area contributed by atoms with E-state index < -0.39 is 5.54 Å². The summed E-state index contributed by atoms with van der Waals surface area (Å²) in [5, 5.41) is 6.42. The van der Waals surface area contributed by atoms with Crippen LogP contribution in [0.3, 0.4) is 0 Å². The quantitative estimate of drug-likeness (QED) is 0.200. The van der Waals surface area contributed by atoms with Crippen LogP contribution >= 0.6 is 0 Å². The number of benzene rings is 4. The molecule has 1 N–H and O–H groups in total. The predicted octanol–water partition coefficient (Wildman–Crippen LogP) is 7.37. The smallest absolute Gasteiger partial charge is 0.225 e. The molecule has 4 aromatic carbocycles. The minimum absolute atomic E-state index is 0.0234. The molecule has 7 heteroatoms. The summed E-state index contributed by atoms with van der Waals surface area (Å²) in [6.07, 6.45) is 5.23. The summed E-state index contributed by atoms with van der Waals surface area (Å²) in [5.74, 6) is 0.587. The van der Waals surface area contributed by atoms with Gasteiger partial charge in [0.05, 0.1) is 41.5 Å². The van der Waals surface area contributed by atoms with Gasteiger partial charge in [0.1, 0.15) is 17.3 Å². The number of H-pyrrole nitrogens is 1. The van der Waals surface area contributed by atoms with Crippen molar-refractivity contribution in [1.82, 2.24) is 24.7 Å². The Morgan fingerprint density at radius 1 is 0.750 bits per heavy atom. The summed E-state index contributed by atoms with van der Waals surface area (Å²) in [6.45, 7) is 1.37. The van der Waals surface area contributed by atoms with Gasteiger partial charge in [-0.25, -0.2) is 14.6 Å². The molecular weight excluding hydrogens is 546 g/mol. The summed E-state index contributed by atoms with van der Waals surface area (Å²) in [6, 6.07) is 40.1. The molecule has 0 spiro atoms. The first-order valence-corrected chi connectivity index (χ1v) is 15.0. The van der Waals surface area contributed by atoms with Gasteiger partial charge in [-0.1, -0.05) is 97.1 Å². The largest absolute Gasteiger partial charge is 0.474 e. The first kappa shape index (κ1) is 26.4. The van der Waals surface area contributed by atoms with E-state index in [9.17, 15) is 0 Å². The van der Waals surface area contributed by atoms with Gasteiger partial charge in [-0.05, 0) is 34.9 Å². The number of hydrogen-bond donors (Lipinski definition) is 1. The maximum absolute atomic E-state index is 6.68. The van der Waals surface area contributed by atoms with Gasteiger partial charge in [-0.2, -0.15) is 5.10 Å². The number of nitrogens with one attached hydrogen (secondary N) is 1. The van der Waals surface area contributed by atoms with Gasteiger partial charge in [0, 0.05) is 24.6 Å².